The number of benzene rings is 1. The number of rotatable bonds is 3. The monoisotopic (exact) mass is 335 g/mol. The summed E-state index contributed by atoms with van der Waals surface area (Å²) >= 11 is 17.6. The number of ether oxygens (including phenoxy) is 1. The Bertz CT molecular complexity index is 654. The van der Waals surface area contributed by atoms with Gasteiger partial charge in [-0.1, -0.05) is 34.8 Å². The number of nitrogen functional groups attached to an aromatic ring is 1. The first-order valence-electron chi connectivity index (χ1n) is 5.49. The van der Waals surface area contributed by atoms with E-state index in [1.54, 1.807) is 6.92 Å². The predicted molar refractivity (Wildman–Crippen MR) is 76.9 cm³/mol. The second-order valence-electron chi connectivity index (χ2n) is 3.93. The number of anilines is 1. The molecule has 0 aliphatic rings. The summed E-state index contributed by atoms with van der Waals surface area (Å²) in [4.78, 5) is 0. The van der Waals surface area contributed by atoms with Gasteiger partial charge in [-0.05, 0) is 19.1 Å². The number of hydrogen-bond donors (Lipinski definition) is 1. The van der Waals surface area contributed by atoms with E-state index < -0.39 is 11.9 Å². The van der Waals surface area contributed by atoms with Crippen LogP contribution in [0.5, 0.6) is 5.75 Å². The Morgan fingerprint density at radius 3 is 2.65 bits per heavy atom. The van der Waals surface area contributed by atoms with Crippen LogP contribution in [0.15, 0.2) is 18.2 Å². The summed E-state index contributed by atoms with van der Waals surface area (Å²) in [6.07, 6.45) is -0.645. The number of halogens is 4. The highest BCUT2D eigenvalue weighted by Gasteiger charge is 2.19. The number of nitrogens with two attached hydrogens (primary N) is 1. The first-order valence-corrected chi connectivity index (χ1v) is 6.62. The van der Waals surface area contributed by atoms with Crippen LogP contribution in [0.25, 0.3) is 0 Å². The van der Waals surface area contributed by atoms with Crippen molar-refractivity contribution in [1.29, 1.82) is 0 Å². The van der Waals surface area contributed by atoms with E-state index in [-0.39, 0.29) is 26.8 Å². The molecule has 0 radical (unpaired) electrons. The summed E-state index contributed by atoms with van der Waals surface area (Å²) in [7, 11) is 0. The molecule has 8 heteroatoms. The van der Waals surface area contributed by atoms with Gasteiger partial charge in [-0.2, -0.15) is 0 Å². The molecule has 2 aromatic rings. The molecule has 1 atom stereocenters. The van der Waals surface area contributed by atoms with E-state index in [0.29, 0.717) is 5.56 Å². The molecule has 1 aromatic heterocycles. The fraction of sp³-hybridized carbons (Fsp3) is 0.167. The Kier molecular flexibility index (Phi) is 4.52. The molecule has 2 rings (SSSR count). The summed E-state index contributed by atoms with van der Waals surface area (Å²) in [6, 6.07) is 3.99. The fourth-order valence-electron chi connectivity index (χ4n) is 1.62. The molecule has 1 unspecified atom stereocenters. The highest BCUT2D eigenvalue weighted by Crippen LogP contribution is 2.35. The van der Waals surface area contributed by atoms with Gasteiger partial charge in [-0.3, -0.25) is 0 Å². The Morgan fingerprint density at radius 1 is 1.25 bits per heavy atom. The maximum Gasteiger partial charge on any atom is 0.188 e. The van der Waals surface area contributed by atoms with Crippen molar-refractivity contribution in [1.82, 2.24) is 10.2 Å². The molecule has 4 nitrogen and oxygen atoms in total. The maximum absolute atomic E-state index is 13.5. The van der Waals surface area contributed by atoms with Crippen molar-refractivity contribution >= 4 is 40.6 Å². The average Bonchev–Trinajstić information content (AvgIpc) is 2.39. The standard InChI is InChI=1S/C12H9Cl3FN3O/c1-5(10-6(13)2-3-7(16)11(10)15)20-8-4-9(14)18-19-12(8)17/h2-5H,1H3,(H2,17,19). The molecule has 1 aromatic carbocycles. The molecule has 106 valence electrons. The van der Waals surface area contributed by atoms with Gasteiger partial charge in [0.15, 0.2) is 16.7 Å². The second-order valence-corrected chi connectivity index (χ2v) is 5.11. The lowest BCUT2D eigenvalue weighted by atomic mass is 10.1. The van der Waals surface area contributed by atoms with E-state index >= 15 is 0 Å². The van der Waals surface area contributed by atoms with E-state index in [0.717, 1.165) is 0 Å². The van der Waals surface area contributed by atoms with Crippen LogP contribution < -0.4 is 10.5 Å². The molecular weight excluding hydrogens is 328 g/mol. The zero-order valence-electron chi connectivity index (χ0n) is 10.2. The van der Waals surface area contributed by atoms with Gasteiger partial charge >= 0.3 is 0 Å². The third-order valence-corrected chi connectivity index (χ3v) is 3.44. The zero-order chi connectivity index (χ0) is 14.9. The maximum atomic E-state index is 13.5. The highest BCUT2D eigenvalue weighted by molar-refractivity contribution is 6.36. The summed E-state index contributed by atoms with van der Waals surface area (Å²) < 4.78 is 19.1. The first-order chi connectivity index (χ1) is 9.40. The van der Waals surface area contributed by atoms with Gasteiger partial charge in [0, 0.05) is 16.7 Å². The van der Waals surface area contributed by atoms with Crippen LogP contribution in [-0.2, 0) is 0 Å². The third kappa shape index (κ3) is 3.06. The van der Waals surface area contributed by atoms with Crippen LogP contribution in [0, 0.1) is 5.82 Å². The largest absolute Gasteiger partial charge is 0.482 e. The molecule has 20 heavy (non-hydrogen) atoms. The highest BCUT2D eigenvalue weighted by atomic mass is 35.5. The van der Waals surface area contributed by atoms with Crippen molar-refractivity contribution in [2.45, 2.75) is 13.0 Å². The molecule has 0 saturated heterocycles. The minimum absolute atomic E-state index is 0.0601. The van der Waals surface area contributed by atoms with E-state index in [4.69, 9.17) is 45.3 Å². The lowest BCUT2D eigenvalue weighted by molar-refractivity contribution is 0.227. The molecule has 0 amide bonds. The Labute approximate surface area is 129 Å². The molecule has 1 heterocycles. The zero-order valence-corrected chi connectivity index (χ0v) is 12.5. The van der Waals surface area contributed by atoms with Crippen LogP contribution in [0.2, 0.25) is 15.2 Å². The molecule has 0 saturated carbocycles. The van der Waals surface area contributed by atoms with Crippen LogP contribution in [0.3, 0.4) is 0 Å². The Hall–Kier alpha value is -1.30. The topological polar surface area (TPSA) is 61.0 Å². The predicted octanol–water partition coefficient (Wildman–Crippen LogP) is 4.30. The lowest BCUT2D eigenvalue weighted by Crippen LogP contribution is -2.08. The van der Waals surface area contributed by atoms with E-state index in [2.05, 4.69) is 10.2 Å². The quantitative estimate of drug-likeness (QED) is 0.849. The van der Waals surface area contributed by atoms with Crippen LogP contribution in [0.4, 0.5) is 10.2 Å². The van der Waals surface area contributed by atoms with Crippen molar-refractivity contribution in [3.8, 4) is 5.75 Å². The van der Waals surface area contributed by atoms with Crippen molar-refractivity contribution in [3.63, 3.8) is 0 Å². The summed E-state index contributed by atoms with van der Waals surface area (Å²) in [5, 5.41) is 7.50. The number of hydrogen-bond acceptors (Lipinski definition) is 4. The van der Waals surface area contributed by atoms with Gasteiger partial charge in [0.05, 0.1) is 5.02 Å². The molecular formula is C12H9Cl3FN3O. The van der Waals surface area contributed by atoms with E-state index in [1.807, 2.05) is 0 Å². The van der Waals surface area contributed by atoms with Gasteiger partial charge in [0.25, 0.3) is 0 Å². The number of aromatic nitrogens is 2. The minimum atomic E-state index is -0.645. The summed E-state index contributed by atoms with van der Waals surface area (Å²) in [5.74, 6) is -0.306. The lowest BCUT2D eigenvalue weighted by Gasteiger charge is -2.18. The second kappa shape index (κ2) is 5.99. The first kappa shape index (κ1) is 15.1. The smallest absolute Gasteiger partial charge is 0.188 e. The summed E-state index contributed by atoms with van der Waals surface area (Å²) in [5.41, 5.74) is 5.94. The number of nitrogens with zero attached hydrogens (tertiary/aromatic N) is 2. The van der Waals surface area contributed by atoms with E-state index in [1.165, 1.54) is 18.2 Å². The molecule has 0 aliphatic carbocycles. The van der Waals surface area contributed by atoms with Crippen molar-refractivity contribution in [2.24, 2.45) is 0 Å². The Balaban J connectivity index is 2.35. The van der Waals surface area contributed by atoms with Gasteiger partial charge in [0.2, 0.25) is 0 Å². The average molecular weight is 337 g/mol. The molecule has 2 N–H and O–H groups in total. The Morgan fingerprint density at radius 2 is 1.95 bits per heavy atom. The normalized spacial score (nSPS) is 12.2. The van der Waals surface area contributed by atoms with Crippen molar-refractivity contribution < 1.29 is 9.13 Å². The van der Waals surface area contributed by atoms with Crippen molar-refractivity contribution in [3.05, 3.63) is 44.8 Å². The van der Waals surface area contributed by atoms with Gasteiger partial charge < -0.3 is 10.5 Å². The van der Waals surface area contributed by atoms with Crippen LogP contribution in [-0.4, -0.2) is 10.2 Å². The van der Waals surface area contributed by atoms with Crippen LogP contribution in [0.1, 0.15) is 18.6 Å². The SMILES string of the molecule is CC(Oc1cc(Cl)nnc1N)c1c(Cl)ccc(F)c1Cl. The van der Waals surface area contributed by atoms with Crippen molar-refractivity contribution in [2.75, 3.05) is 5.73 Å². The van der Waals surface area contributed by atoms with Crippen LogP contribution >= 0.6 is 34.8 Å². The van der Waals surface area contributed by atoms with Gasteiger partial charge in [-0.15, -0.1) is 10.2 Å². The minimum Gasteiger partial charge on any atom is -0.482 e. The molecule has 0 aliphatic heterocycles. The van der Waals surface area contributed by atoms with E-state index in [9.17, 15) is 4.39 Å². The molecule has 0 bridgehead atoms. The van der Waals surface area contributed by atoms with Gasteiger partial charge in [-0.25, -0.2) is 4.39 Å². The molecule has 0 spiro atoms. The van der Waals surface area contributed by atoms with Gasteiger partial charge in [0.1, 0.15) is 11.9 Å². The fourth-order valence-corrected chi connectivity index (χ4v) is 2.44. The third-order valence-electron chi connectivity index (χ3n) is 2.55. The summed E-state index contributed by atoms with van der Waals surface area (Å²) in [6.45, 7) is 1.65. The molecule has 0 fully saturated rings.